The van der Waals surface area contributed by atoms with Crippen LogP contribution in [0, 0.1) is 0 Å². The van der Waals surface area contributed by atoms with Crippen molar-refractivity contribution in [2.45, 2.75) is 0 Å². The van der Waals surface area contributed by atoms with Gasteiger partial charge < -0.3 is 9.84 Å². The van der Waals surface area contributed by atoms with Gasteiger partial charge in [-0.3, -0.25) is 4.79 Å². The summed E-state index contributed by atoms with van der Waals surface area (Å²) in [6, 6.07) is 43.9. The first-order valence-electron chi connectivity index (χ1n) is 13.6. The number of phenols is 1. The Morgan fingerprint density at radius 2 is 1.10 bits per heavy atom. The van der Waals surface area contributed by atoms with Crippen LogP contribution < -0.4 is 4.74 Å². The van der Waals surface area contributed by atoms with E-state index in [2.05, 4.69) is 66.7 Å². The number of carbonyl (C=O) groups is 1. The highest BCUT2D eigenvalue weighted by molar-refractivity contribution is 6.24. The standard InChI is InChI=1S/C38H26O3/c1-41-27-13-9-12-25(20-27)32-22-34-31-17-8-6-15-29(31)33(23-35(34)30-16-7-5-14-28(30)32)26-18-19-37(39)36(21-26)38(40)24-10-3-2-4-11-24/h2-23,39H,1H3. The smallest absolute Gasteiger partial charge is 0.196 e. The Morgan fingerprint density at radius 1 is 0.537 bits per heavy atom. The number of fused-ring (bicyclic) bond motifs is 5. The van der Waals surface area contributed by atoms with Crippen LogP contribution in [-0.2, 0) is 0 Å². The lowest BCUT2D eigenvalue weighted by Crippen LogP contribution is -2.02. The van der Waals surface area contributed by atoms with E-state index in [4.69, 9.17) is 4.74 Å². The molecule has 0 aliphatic rings. The molecule has 3 heteroatoms. The van der Waals surface area contributed by atoms with Crippen molar-refractivity contribution in [1.29, 1.82) is 0 Å². The van der Waals surface area contributed by atoms with E-state index in [1.807, 2.05) is 48.5 Å². The van der Waals surface area contributed by atoms with Gasteiger partial charge in [0.1, 0.15) is 11.5 Å². The molecule has 0 unspecified atom stereocenters. The minimum Gasteiger partial charge on any atom is -0.507 e. The van der Waals surface area contributed by atoms with Crippen molar-refractivity contribution in [2.75, 3.05) is 7.11 Å². The molecule has 0 spiro atoms. The topological polar surface area (TPSA) is 46.5 Å². The highest BCUT2D eigenvalue weighted by atomic mass is 16.5. The molecule has 7 aromatic rings. The molecule has 0 aliphatic heterocycles. The largest absolute Gasteiger partial charge is 0.507 e. The van der Waals surface area contributed by atoms with E-state index in [0.717, 1.165) is 60.3 Å². The molecule has 0 aromatic heterocycles. The summed E-state index contributed by atoms with van der Waals surface area (Å²) in [6.07, 6.45) is 0. The number of benzene rings is 7. The van der Waals surface area contributed by atoms with Crippen LogP contribution in [0.15, 0.2) is 133 Å². The number of phenolic OH excluding ortho intramolecular Hbond substituents is 1. The number of carbonyl (C=O) groups excluding carboxylic acids is 1. The summed E-state index contributed by atoms with van der Waals surface area (Å²) in [5.74, 6) is 0.588. The number of hydrogen-bond acceptors (Lipinski definition) is 3. The lowest BCUT2D eigenvalue weighted by Gasteiger charge is -2.17. The second kappa shape index (κ2) is 9.96. The highest BCUT2D eigenvalue weighted by Crippen LogP contribution is 2.42. The number of aromatic hydroxyl groups is 1. The Balaban J connectivity index is 1.51. The second-order valence-corrected chi connectivity index (χ2v) is 10.2. The maximum absolute atomic E-state index is 13.4. The first-order valence-corrected chi connectivity index (χ1v) is 13.6. The van der Waals surface area contributed by atoms with Gasteiger partial charge in [-0.2, -0.15) is 0 Å². The highest BCUT2D eigenvalue weighted by Gasteiger charge is 2.18. The minimum atomic E-state index is -0.205. The third kappa shape index (κ3) is 4.19. The number of rotatable bonds is 5. The van der Waals surface area contributed by atoms with E-state index in [-0.39, 0.29) is 17.1 Å². The van der Waals surface area contributed by atoms with E-state index >= 15 is 0 Å². The van der Waals surface area contributed by atoms with Crippen LogP contribution in [0.25, 0.3) is 54.6 Å². The van der Waals surface area contributed by atoms with Crippen LogP contribution in [0.5, 0.6) is 11.5 Å². The van der Waals surface area contributed by atoms with Crippen molar-refractivity contribution in [3.8, 4) is 33.8 Å². The molecule has 1 N–H and O–H groups in total. The van der Waals surface area contributed by atoms with Gasteiger partial charge in [0.05, 0.1) is 12.7 Å². The molecular weight excluding hydrogens is 504 g/mol. The van der Waals surface area contributed by atoms with Crippen LogP contribution >= 0.6 is 0 Å². The monoisotopic (exact) mass is 530 g/mol. The van der Waals surface area contributed by atoms with E-state index in [0.29, 0.717) is 5.56 Å². The summed E-state index contributed by atoms with van der Waals surface area (Å²) < 4.78 is 5.53. The Hall–Kier alpha value is -5.41. The molecule has 41 heavy (non-hydrogen) atoms. The normalized spacial score (nSPS) is 11.2. The van der Waals surface area contributed by atoms with Gasteiger partial charge in [-0.05, 0) is 91.0 Å². The average molecular weight is 531 g/mol. The zero-order chi connectivity index (χ0) is 27.9. The van der Waals surface area contributed by atoms with Crippen molar-refractivity contribution in [3.05, 3.63) is 145 Å². The number of hydrogen-bond donors (Lipinski definition) is 1. The molecule has 7 aromatic carbocycles. The molecule has 0 atom stereocenters. The molecule has 0 saturated heterocycles. The van der Waals surface area contributed by atoms with Gasteiger partial charge in [0.15, 0.2) is 5.78 Å². The van der Waals surface area contributed by atoms with Crippen LogP contribution in [0.3, 0.4) is 0 Å². The van der Waals surface area contributed by atoms with E-state index in [1.54, 1.807) is 25.3 Å². The van der Waals surface area contributed by atoms with Crippen LogP contribution in [0.1, 0.15) is 15.9 Å². The molecule has 0 saturated carbocycles. The zero-order valence-corrected chi connectivity index (χ0v) is 22.5. The van der Waals surface area contributed by atoms with Crippen LogP contribution in [0.4, 0.5) is 0 Å². The van der Waals surface area contributed by atoms with E-state index in [9.17, 15) is 9.90 Å². The van der Waals surface area contributed by atoms with Crippen LogP contribution in [-0.4, -0.2) is 18.0 Å². The Bertz CT molecular complexity index is 2110. The maximum atomic E-state index is 13.4. The average Bonchev–Trinajstić information content (AvgIpc) is 3.04. The summed E-state index contributed by atoms with van der Waals surface area (Å²) in [7, 11) is 1.69. The molecule has 196 valence electrons. The molecular formula is C38H26O3. The fourth-order valence-electron chi connectivity index (χ4n) is 5.85. The summed E-state index contributed by atoms with van der Waals surface area (Å²) in [5, 5.41) is 17.5. The van der Waals surface area contributed by atoms with Crippen molar-refractivity contribution >= 4 is 38.1 Å². The van der Waals surface area contributed by atoms with Crippen LogP contribution in [0.2, 0.25) is 0 Å². The van der Waals surface area contributed by atoms with E-state index < -0.39 is 0 Å². The molecule has 0 fully saturated rings. The lowest BCUT2D eigenvalue weighted by atomic mass is 9.87. The van der Waals surface area contributed by atoms with Gasteiger partial charge in [-0.1, -0.05) is 97.1 Å². The van der Waals surface area contributed by atoms with Crippen molar-refractivity contribution in [2.24, 2.45) is 0 Å². The van der Waals surface area contributed by atoms with Gasteiger partial charge in [-0.25, -0.2) is 0 Å². The number of ether oxygens (including phenoxy) is 1. The molecule has 3 nitrogen and oxygen atoms in total. The summed E-state index contributed by atoms with van der Waals surface area (Å²) >= 11 is 0. The lowest BCUT2D eigenvalue weighted by molar-refractivity contribution is 0.103. The molecule has 7 rings (SSSR count). The predicted octanol–water partition coefficient (Wildman–Crippen LogP) is 9.43. The van der Waals surface area contributed by atoms with Crippen molar-refractivity contribution < 1.29 is 14.6 Å². The van der Waals surface area contributed by atoms with Gasteiger partial charge in [0, 0.05) is 5.56 Å². The third-order valence-electron chi connectivity index (χ3n) is 7.85. The van der Waals surface area contributed by atoms with Crippen molar-refractivity contribution in [1.82, 2.24) is 0 Å². The molecule has 0 radical (unpaired) electrons. The SMILES string of the molecule is COc1cccc(-c2cc3c4ccccc4c(-c4ccc(O)c(C(=O)c5ccccc5)c4)cc3c3ccccc23)c1. The fraction of sp³-hybridized carbons (Fsp3) is 0.0263. The summed E-state index contributed by atoms with van der Waals surface area (Å²) in [5.41, 5.74) is 4.95. The molecule has 0 heterocycles. The summed E-state index contributed by atoms with van der Waals surface area (Å²) in [6.45, 7) is 0. The third-order valence-corrected chi connectivity index (χ3v) is 7.85. The quantitative estimate of drug-likeness (QED) is 0.178. The van der Waals surface area contributed by atoms with E-state index in [1.165, 1.54) is 0 Å². The van der Waals surface area contributed by atoms with Gasteiger partial charge in [0.25, 0.3) is 0 Å². The number of methoxy groups -OCH3 is 1. The van der Waals surface area contributed by atoms with Crippen molar-refractivity contribution in [3.63, 3.8) is 0 Å². The van der Waals surface area contributed by atoms with Gasteiger partial charge in [-0.15, -0.1) is 0 Å². The van der Waals surface area contributed by atoms with Gasteiger partial charge in [0.2, 0.25) is 0 Å². The Labute approximate surface area is 237 Å². The Kier molecular flexibility index (Phi) is 5.98. The Morgan fingerprint density at radius 3 is 1.71 bits per heavy atom. The second-order valence-electron chi connectivity index (χ2n) is 10.2. The van der Waals surface area contributed by atoms with Gasteiger partial charge >= 0.3 is 0 Å². The zero-order valence-electron chi connectivity index (χ0n) is 22.5. The number of ketones is 1. The predicted molar refractivity (Wildman–Crippen MR) is 168 cm³/mol. The summed E-state index contributed by atoms with van der Waals surface area (Å²) in [4.78, 5) is 13.4. The maximum Gasteiger partial charge on any atom is 0.196 e. The fourth-order valence-corrected chi connectivity index (χ4v) is 5.85. The minimum absolute atomic E-state index is 0.0268. The first-order chi connectivity index (χ1) is 20.1. The molecule has 0 amide bonds. The molecule has 0 aliphatic carbocycles. The molecule has 0 bridgehead atoms. The first kappa shape index (κ1) is 24.6.